The highest BCUT2D eigenvalue weighted by Gasteiger charge is 2.05. The fourth-order valence-electron chi connectivity index (χ4n) is 1.20. The second-order valence-electron chi connectivity index (χ2n) is 3.36. The summed E-state index contributed by atoms with van der Waals surface area (Å²) in [6.07, 6.45) is 3.62. The molecule has 2 N–H and O–H groups in total. The minimum Gasteiger partial charge on any atom is -0.398 e. The van der Waals surface area contributed by atoms with Gasteiger partial charge in [-0.2, -0.15) is 0 Å². The molecule has 1 aromatic rings. The van der Waals surface area contributed by atoms with E-state index in [0.29, 0.717) is 10.2 Å². The van der Waals surface area contributed by atoms with E-state index in [9.17, 15) is 4.39 Å². The highest BCUT2D eigenvalue weighted by atomic mass is 79.9. The third kappa shape index (κ3) is 4.03. The molecular weight excluding hydrogens is 277 g/mol. The summed E-state index contributed by atoms with van der Waals surface area (Å²) in [5.41, 5.74) is 6.25. The molecule has 0 radical (unpaired) electrons. The quantitative estimate of drug-likeness (QED) is 0.493. The molecule has 0 spiro atoms. The molecule has 0 unspecified atom stereocenters. The molecule has 0 bridgehead atoms. The molecule has 1 rings (SSSR count). The zero-order valence-electron chi connectivity index (χ0n) is 8.72. The van der Waals surface area contributed by atoms with Crippen molar-refractivity contribution in [2.24, 2.45) is 0 Å². The van der Waals surface area contributed by atoms with Gasteiger partial charge in [0.15, 0.2) is 0 Å². The predicted molar refractivity (Wildman–Crippen MR) is 68.8 cm³/mol. The molecule has 0 aliphatic rings. The maximum Gasteiger partial charge on any atom is 0.139 e. The van der Waals surface area contributed by atoms with Gasteiger partial charge >= 0.3 is 0 Å². The molecule has 0 aromatic heterocycles. The summed E-state index contributed by atoms with van der Waals surface area (Å²) in [6, 6.07) is 3.12. The van der Waals surface area contributed by atoms with Crippen molar-refractivity contribution in [2.75, 3.05) is 11.5 Å². The van der Waals surface area contributed by atoms with E-state index in [1.54, 1.807) is 17.8 Å². The first-order valence-corrected chi connectivity index (χ1v) is 6.80. The molecule has 1 aromatic carbocycles. The normalized spacial score (nSPS) is 10.6. The minimum atomic E-state index is -0.301. The van der Waals surface area contributed by atoms with E-state index in [2.05, 4.69) is 22.9 Å². The van der Waals surface area contributed by atoms with Gasteiger partial charge in [0.1, 0.15) is 5.82 Å². The Morgan fingerprint density at radius 2 is 2.13 bits per heavy atom. The van der Waals surface area contributed by atoms with Crippen molar-refractivity contribution in [3.05, 3.63) is 22.4 Å². The molecule has 0 amide bonds. The summed E-state index contributed by atoms with van der Waals surface area (Å²) in [7, 11) is 0. The van der Waals surface area contributed by atoms with E-state index >= 15 is 0 Å². The zero-order valence-corrected chi connectivity index (χ0v) is 11.1. The standard InChI is InChI=1S/C11H15BrFNS/c1-2-3-4-5-15-11-6-8(12)9(13)7-10(11)14/h6-7H,2-5,14H2,1H3. The molecule has 1 nitrogen and oxygen atoms in total. The Kier molecular flexibility index (Phi) is 5.47. The average Bonchev–Trinajstić information content (AvgIpc) is 2.20. The number of halogens is 2. The van der Waals surface area contributed by atoms with Crippen molar-refractivity contribution in [1.82, 2.24) is 0 Å². The number of nitrogen functional groups attached to an aromatic ring is 1. The van der Waals surface area contributed by atoms with Crippen LogP contribution in [-0.2, 0) is 0 Å². The van der Waals surface area contributed by atoms with Crippen LogP contribution in [0.2, 0.25) is 0 Å². The second-order valence-corrected chi connectivity index (χ2v) is 5.35. The van der Waals surface area contributed by atoms with Gasteiger partial charge in [-0.15, -0.1) is 11.8 Å². The third-order valence-electron chi connectivity index (χ3n) is 2.06. The fraction of sp³-hybridized carbons (Fsp3) is 0.455. The molecule has 0 saturated carbocycles. The Bertz CT molecular complexity index is 331. The largest absolute Gasteiger partial charge is 0.398 e. The second kappa shape index (κ2) is 6.38. The molecule has 0 saturated heterocycles. The molecule has 0 aliphatic heterocycles. The lowest BCUT2D eigenvalue weighted by Gasteiger charge is -2.06. The first-order chi connectivity index (χ1) is 7.15. The van der Waals surface area contributed by atoms with Crippen molar-refractivity contribution in [1.29, 1.82) is 0 Å². The minimum absolute atomic E-state index is 0.301. The number of hydrogen-bond donors (Lipinski definition) is 1. The molecule has 0 fully saturated rings. The Balaban J connectivity index is 2.57. The van der Waals surface area contributed by atoms with Crippen molar-refractivity contribution in [3.8, 4) is 0 Å². The number of unbranched alkanes of at least 4 members (excludes halogenated alkanes) is 2. The first-order valence-electron chi connectivity index (χ1n) is 5.02. The van der Waals surface area contributed by atoms with Crippen LogP contribution in [0.3, 0.4) is 0 Å². The molecule has 84 valence electrons. The smallest absolute Gasteiger partial charge is 0.139 e. The van der Waals surface area contributed by atoms with Gasteiger partial charge in [0.05, 0.1) is 4.47 Å². The summed E-state index contributed by atoms with van der Waals surface area (Å²) < 4.78 is 13.5. The SMILES string of the molecule is CCCCCSc1cc(Br)c(F)cc1N. The lowest BCUT2D eigenvalue weighted by molar-refractivity contribution is 0.620. The van der Waals surface area contributed by atoms with Crippen molar-refractivity contribution >= 4 is 33.4 Å². The Morgan fingerprint density at radius 3 is 2.80 bits per heavy atom. The van der Waals surface area contributed by atoms with Crippen LogP contribution in [-0.4, -0.2) is 5.75 Å². The van der Waals surface area contributed by atoms with E-state index in [-0.39, 0.29) is 5.82 Å². The van der Waals surface area contributed by atoms with E-state index in [1.165, 1.54) is 25.3 Å². The predicted octanol–water partition coefficient (Wildman–Crippen LogP) is 4.45. The van der Waals surface area contributed by atoms with E-state index in [4.69, 9.17) is 5.73 Å². The van der Waals surface area contributed by atoms with Crippen LogP contribution in [0, 0.1) is 5.82 Å². The van der Waals surface area contributed by atoms with Gasteiger partial charge in [-0.25, -0.2) is 4.39 Å². The van der Waals surface area contributed by atoms with Crippen LogP contribution in [0.1, 0.15) is 26.2 Å². The summed E-state index contributed by atoms with van der Waals surface area (Å²) in [6.45, 7) is 2.17. The van der Waals surface area contributed by atoms with Crippen molar-refractivity contribution in [3.63, 3.8) is 0 Å². The highest BCUT2D eigenvalue weighted by molar-refractivity contribution is 9.10. The van der Waals surface area contributed by atoms with Gasteiger partial charge in [-0.1, -0.05) is 19.8 Å². The van der Waals surface area contributed by atoms with Crippen molar-refractivity contribution < 1.29 is 4.39 Å². The van der Waals surface area contributed by atoms with Crippen LogP contribution < -0.4 is 5.73 Å². The molecule has 0 heterocycles. The van der Waals surface area contributed by atoms with Gasteiger partial charge in [0, 0.05) is 10.6 Å². The number of hydrogen-bond acceptors (Lipinski definition) is 2. The monoisotopic (exact) mass is 291 g/mol. The maximum absolute atomic E-state index is 13.1. The van der Waals surface area contributed by atoms with Crippen LogP contribution in [0.25, 0.3) is 0 Å². The fourth-order valence-corrected chi connectivity index (χ4v) is 2.69. The Hall–Kier alpha value is -0.220. The Labute approximate surface area is 103 Å². The van der Waals surface area contributed by atoms with Crippen LogP contribution in [0.5, 0.6) is 0 Å². The van der Waals surface area contributed by atoms with Crippen molar-refractivity contribution in [2.45, 2.75) is 31.1 Å². The molecular formula is C11H15BrFNS. The number of benzene rings is 1. The number of anilines is 1. The number of rotatable bonds is 5. The van der Waals surface area contributed by atoms with Gasteiger partial charge in [-0.3, -0.25) is 0 Å². The maximum atomic E-state index is 13.1. The number of thioether (sulfide) groups is 1. The number of nitrogens with two attached hydrogens (primary N) is 1. The van der Waals surface area contributed by atoms with Crippen LogP contribution in [0.4, 0.5) is 10.1 Å². The molecule has 0 atom stereocenters. The lowest BCUT2D eigenvalue weighted by atomic mass is 10.3. The van der Waals surface area contributed by atoms with Crippen LogP contribution >= 0.6 is 27.7 Å². The zero-order chi connectivity index (χ0) is 11.3. The molecule has 0 aliphatic carbocycles. The van der Waals surface area contributed by atoms with Gasteiger partial charge < -0.3 is 5.73 Å². The van der Waals surface area contributed by atoms with E-state index < -0.39 is 0 Å². The van der Waals surface area contributed by atoms with Gasteiger partial charge in [0.25, 0.3) is 0 Å². The third-order valence-corrected chi connectivity index (χ3v) is 3.82. The Morgan fingerprint density at radius 1 is 1.40 bits per heavy atom. The topological polar surface area (TPSA) is 26.0 Å². The van der Waals surface area contributed by atoms with Gasteiger partial charge in [0.2, 0.25) is 0 Å². The summed E-state index contributed by atoms with van der Waals surface area (Å²) >= 11 is 4.85. The van der Waals surface area contributed by atoms with Gasteiger partial charge in [-0.05, 0) is 40.2 Å². The summed E-state index contributed by atoms with van der Waals surface area (Å²) in [4.78, 5) is 0.958. The average molecular weight is 292 g/mol. The van der Waals surface area contributed by atoms with E-state index in [0.717, 1.165) is 10.6 Å². The van der Waals surface area contributed by atoms with Crippen LogP contribution in [0.15, 0.2) is 21.5 Å². The summed E-state index contributed by atoms with van der Waals surface area (Å²) in [5.74, 6) is 0.737. The van der Waals surface area contributed by atoms with E-state index in [1.807, 2.05) is 0 Å². The first kappa shape index (κ1) is 12.8. The highest BCUT2D eigenvalue weighted by Crippen LogP contribution is 2.30. The molecule has 4 heteroatoms. The lowest BCUT2D eigenvalue weighted by Crippen LogP contribution is -1.92. The summed E-state index contributed by atoms with van der Waals surface area (Å²) in [5, 5.41) is 0. The molecule has 15 heavy (non-hydrogen) atoms.